The Hall–Kier alpha value is -1.27. The van der Waals surface area contributed by atoms with Gasteiger partial charge in [-0.3, -0.25) is 4.79 Å². The summed E-state index contributed by atoms with van der Waals surface area (Å²) < 4.78 is 0.752. The Morgan fingerprint density at radius 1 is 1.65 bits per heavy atom. The van der Waals surface area contributed by atoms with E-state index in [2.05, 4.69) is 21.1 Å². The van der Waals surface area contributed by atoms with Crippen LogP contribution in [0.4, 0.5) is 0 Å². The molecule has 1 aromatic carbocycles. The topological polar surface area (TPSA) is 78.9 Å². The van der Waals surface area contributed by atoms with Crippen molar-refractivity contribution in [2.24, 2.45) is 10.9 Å². The number of rotatable bonds is 3. The molecule has 0 saturated heterocycles. The lowest BCUT2D eigenvalue weighted by Crippen LogP contribution is -2.35. The number of benzene rings is 1. The van der Waals surface area contributed by atoms with Gasteiger partial charge in [0.15, 0.2) is 5.84 Å². The first-order valence-electron chi connectivity index (χ1n) is 4.62. The molecule has 0 radical (unpaired) electrons. The first-order chi connectivity index (χ1) is 7.95. The van der Waals surface area contributed by atoms with E-state index in [0.717, 1.165) is 4.47 Å². The van der Waals surface area contributed by atoms with E-state index in [4.69, 9.17) is 22.5 Å². The van der Waals surface area contributed by atoms with Gasteiger partial charge in [-0.2, -0.15) is 0 Å². The van der Waals surface area contributed by atoms with Crippen LogP contribution in [0.15, 0.2) is 27.8 Å². The maximum Gasteiger partial charge on any atom is 0.255 e. The average molecular weight is 321 g/mol. The number of nitrogens with zero attached hydrogens (tertiary/aromatic N) is 2. The summed E-state index contributed by atoms with van der Waals surface area (Å²) in [6.07, 6.45) is 0. The van der Waals surface area contributed by atoms with E-state index in [0.29, 0.717) is 10.6 Å². The number of carbonyl (C=O) groups excluding carboxylic acids is 1. The summed E-state index contributed by atoms with van der Waals surface area (Å²) >= 11 is 9.19. The zero-order valence-electron chi connectivity index (χ0n) is 9.02. The van der Waals surface area contributed by atoms with Gasteiger partial charge in [0.05, 0.1) is 17.1 Å². The number of amides is 1. The number of carbonyl (C=O) groups is 1. The predicted molar refractivity (Wildman–Crippen MR) is 69.5 cm³/mol. The number of likely N-dealkylation sites (N-methyl/N-ethyl adjacent to an activating group) is 1. The summed E-state index contributed by atoms with van der Waals surface area (Å²) in [5.74, 6) is -0.352. The van der Waals surface area contributed by atoms with Gasteiger partial charge in [-0.15, -0.1) is 0 Å². The minimum Gasteiger partial charge on any atom is -0.409 e. The third kappa shape index (κ3) is 3.61. The summed E-state index contributed by atoms with van der Waals surface area (Å²) in [5.41, 5.74) is 5.68. The molecule has 0 aromatic heterocycles. The molecule has 0 aliphatic rings. The molecule has 0 bridgehead atoms. The summed E-state index contributed by atoms with van der Waals surface area (Å²) in [6.45, 7) is 0.0260. The van der Waals surface area contributed by atoms with E-state index in [-0.39, 0.29) is 18.3 Å². The fourth-order valence-electron chi connectivity index (χ4n) is 1.21. The van der Waals surface area contributed by atoms with E-state index in [1.807, 2.05) is 0 Å². The zero-order chi connectivity index (χ0) is 13.0. The molecule has 1 rings (SSSR count). The molecule has 0 spiro atoms. The van der Waals surface area contributed by atoms with Gasteiger partial charge in [0.2, 0.25) is 0 Å². The lowest BCUT2D eigenvalue weighted by atomic mass is 10.2. The van der Waals surface area contributed by atoms with Crippen molar-refractivity contribution >= 4 is 39.3 Å². The quantitative estimate of drug-likeness (QED) is 0.386. The van der Waals surface area contributed by atoms with Crippen LogP contribution in [0, 0.1) is 0 Å². The maximum absolute atomic E-state index is 12.0. The summed E-state index contributed by atoms with van der Waals surface area (Å²) in [4.78, 5) is 13.3. The molecule has 0 atom stereocenters. The monoisotopic (exact) mass is 319 g/mol. The molecule has 1 aromatic rings. The first kappa shape index (κ1) is 13.8. The van der Waals surface area contributed by atoms with Crippen molar-refractivity contribution in [2.75, 3.05) is 13.6 Å². The standard InChI is InChI=1S/C10H11BrClN3O2/c1-15(5-9(13)14-17)10(16)7-4-6(11)2-3-8(7)12/h2-4,17H,5H2,1H3,(H2,13,14). The van der Waals surface area contributed by atoms with Gasteiger partial charge < -0.3 is 15.8 Å². The number of hydrogen-bond acceptors (Lipinski definition) is 3. The molecule has 17 heavy (non-hydrogen) atoms. The van der Waals surface area contributed by atoms with Crippen LogP contribution in [0.1, 0.15) is 10.4 Å². The fourth-order valence-corrected chi connectivity index (χ4v) is 1.77. The molecular formula is C10H11BrClN3O2. The van der Waals surface area contributed by atoms with Crippen molar-refractivity contribution in [1.82, 2.24) is 4.90 Å². The fraction of sp³-hybridized carbons (Fsp3) is 0.200. The van der Waals surface area contributed by atoms with Gasteiger partial charge in [-0.25, -0.2) is 0 Å². The SMILES string of the molecule is CN(CC(N)=NO)C(=O)c1cc(Br)ccc1Cl. The second-order valence-electron chi connectivity index (χ2n) is 3.38. The molecule has 5 nitrogen and oxygen atoms in total. The van der Waals surface area contributed by atoms with Crippen molar-refractivity contribution in [3.05, 3.63) is 33.3 Å². The average Bonchev–Trinajstić information content (AvgIpc) is 2.31. The molecule has 92 valence electrons. The van der Waals surface area contributed by atoms with Crippen LogP contribution in [-0.2, 0) is 0 Å². The maximum atomic E-state index is 12.0. The zero-order valence-corrected chi connectivity index (χ0v) is 11.4. The molecule has 1 amide bonds. The Kier molecular flexibility index (Phi) is 4.77. The third-order valence-electron chi connectivity index (χ3n) is 2.03. The third-order valence-corrected chi connectivity index (χ3v) is 2.86. The highest BCUT2D eigenvalue weighted by atomic mass is 79.9. The van der Waals surface area contributed by atoms with Crippen LogP contribution >= 0.6 is 27.5 Å². The molecule has 0 unspecified atom stereocenters. The second kappa shape index (κ2) is 5.88. The van der Waals surface area contributed by atoms with Crippen molar-refractivity contribution in [2.45, 2.75) is 0 Å². The smallest absolute Gasteiger partial charge is 0.255 e. The Balaban J connectivity index is 2.92. The van der Waals surface area contributed by atoms with Crippen LogP contribution in [0.2, 0.25) is 5.02 Å². The van der Waals surface area contributed by atoms with Gasteiger partial charge in [0.25, 0.3) is 5.91 Å². The Morgan fingerprint density at radius 3 is 2.88 bits per heavy atom. The highest BCUT2D eigenvalue weighted by molar-refractivity contribution is 9.10. The normalized spacial score (nSPS) is 11.4. The van der Waals surface area contributed by atoms with Gasteiger partial charge in [-0.1, -0.05) is 32.7 Å². The van der Waals surface area contributed by atoms with E-state index in [1.54, 1.807) is 18.2 Å². The molecule has 0 aliphatic heterocycles. The Morgan fingerprint density at radius 2 is 2.29 bits per heavy atom. The first-order valence-corrected chi connectivity index (χ1v) is 5.79. The second-order valence-corrected chi connectivity index (χ2v) is 4.70. The summed E-state index contributed by atoms with van der Waals surface area (Å²) in [6, 6.07) is 4.98. The van der Waals surface area contributed by atoms with Gasteiger partial charge in [-0.05, 0) is 18.2 Å². The number of nitrogens with two attached hydrogens (primary N) is 1. The highest BCUT2D eigenvalue weighted by Gasteiger charge is 2.16. The van der Waals surface area contributed by atoms with Crippen molar-refractivity contribution < 1.29 is 10.0 Å². The van der Waals surface area contributed by atoms with Crippen molar-refractivity contribution in [3.8, 4) is 0 Å². The van der Waals surface area contributed by atoms with Crippen LogP contribution in [0.5, 0.6) is 0 Å². The summed E-state index contributed by atoms with van der Waals surface area (Å²) in [5, 5.41) is 11.6. The molecular weight excluding hydrogens is 309 g/mol. The van der Waals surface area contributed by atoms with Gasteiger partial charge >= 0.3 is 0 Å². The van der Waals surface area contributed by atoms with Gasteiger partial charge in [0.1, 0.15) is 0 Å². The highest BCUT2D eigenvalue weighted by Crippen LogP contribution is 2.22. The predicted octanol–water partition coefficient (Wildman–Crippen LogP) is 1.92. The molecule has 0 saturated carbocycles. The lowest BCUT2D eigenvalue weighted by molar-refractivity contribution is 0.0814. The summed E-state index contributed by atoms with van der Waals surface area (Å²) in [7, 11) is 1.54. The van der Waals surface area contributed by atoms with E-state index in [9.17, 15) is 4.79 Å². The Bertz CT molecular complexity index is 465. The number of hydrogen-bond donors (Lipinski definition) is 2. The molecule has 0 aliphatic carbocycles. The van der Waals surface area contributed by atoms with Gasteiger partial charge in [0, 0.05) is 11.5 Å². The Labute approximate surface area is 112 Å². The molecule has 0 fully saturated rings. The number of amidine groups is 1. The largest absolute Gasteiger partial charge is 0.409 e. The molecule has 7 heteroatoms. The van der Waals surface area contributed by atoms with E-state index < -0.39 is 0 Å². The van der Waals surface area contributed by atoms with Crippen LogP contribution in [0.3, 0.4) is 0 Å². The van der Waals surface area contributed by atoms with Crippen LogP contribution < -0.4 is 5.73 Å². The van der Waals surface area contributed by atoms with E-state index >= 15 is 0 Å². The van der Waals surface area contributed by atoms with Crippen molar-refractivity contribution in [3.63, 3.8) is 0 Å². The minimum atomic E-state index is -0.303. The minimum absolute atomic E-state index is 0.0260. The van der Waals surface area contributed by atoms with Crippen LogP contribution in [-0.4, -0.2) is 35.4 Å². The molecule has 0 heterocycles. The number of oxime groups is 1. The van der Waals surface area contributed by atoms with Crippen molar-refractivity contribution in [1.29, 1.82) is 0 Å². The number of halogens is 2. The molecule has 3 N–H and O–H groups in total. The lowest BCUT2D eigenvalue weighted by Gasteiger charge is -2.17. The van der Waals surface area contributed by atoms with E-state index in [1.165, 1.54) is 11.9 Å². The van der Waals surface area contributed by atoms with Crippen LogP contribution in [0.25, 0.3) is 0 Å².